The largest absolute Gasteiger partial charge is 0.519 e. The van der Waals surface area contributed by atoms with E-state index in [1.54, 1.807) is 0 Å². The van der Waals surface area contributed by atoms with Gasteiger partial charge in [-0.05, 0) is 49.9 Å². The van der Waals surface area contributed by atoms with E-state index in [1.165, 1.54) is 0 Å². The van der Waals surface area contributed by atoms with Crippen molar-refractivity contribution in [3.05, 3.63) is 58.7 Å². The summed E-state index contributed by atoms with van der Waals surface area (Å²) in [4.78, 5) is 11.9. The average molecular weight is 270 g/mol. The molecular formula is C17H18O3. The van der Waals surface area contributed by atoms with Gasteiger partial charge in [-0.15, -0.1) is 0 Å². The predicted molar refractivity (Wildman–Crippen MR) is 78.5 cm³/mol. The van der Waals surface area contributed by atoms with Gasteiger partial charge < -0.3 is 9.47 Å². The molecule has 0 heterocycles. The minimum atomic E-state index is -0.709. The molecule has 2 aromatic carbocycles. The summed E-state index contributed by atoms with van der Waals surface area (Å²) in [5.41, 5.74) is 3.62. The zero-order valence-corrected chi connectivity index (χ0v) is 12.2. The molecule has 0 atom stereocenters. The Labute approximate surface area is 119 Å². The number of rotatable bonds is 2. The zero-order valence-electron chi connectivity index (χ0n) is 12.2. The number of carbonyl (C=O) groups excluding carboxylic acids is 1. The van der Waals surface area contributed by atoms with Crippen molar-refractivity contribution in [1.29, 1.82) is 0 Å². The molecule has 0 aliphatic heterocycles. The molecule has 0 N–H and O–H groups in total. The SMILES string of the molecule is Cc1cccc(C)c1OC(=O)Oc1c(C)cccc1C. The second-order valence-electron chi connectivity index (χ2n) is 4.90. The van der Waals surface area contributed by atoms with Crippen LogP contribution in [0, 0.1) is 27.7 Å². The zero-order chi connectivity index (χ0) is 14.7. The molecule has 0 fully saturated rings. The maximum atomic E-state index is 11.9. The first-order valence-corrected chi connectivity index (χ1v) is 6.51. The van der Waals surface area contributed by atoms with Gasteiger partial charge in [0.2, 0.25) is 0 Å². The van der Waals surface area contributed by atoms with Crippen LogP contribution in [0.25, 0.3) is 0 Å². The molecule has 104 valence electrons. The lowest BCUT2D eigenvalue weighted by molar-refractivity contribution is 0.150. The Morgan fingerprint density at radius 1 is 0.700 bits per heavy atom. The van der Waals surface area contributed by atoms with Crippen molar-refractivity contribution in [3.63, 3.8) is 0 Å². The van der Waals surface area contributed by atoms with E-state index in [9.17, 15) is 4.79 Å². The lowest BCUT2D eigenvalue weighted by atomic mass is 10.1. The topological polar surface area (TPSA) is 35.5 Å². The Hall–Kier alpha value is -2.29. The molecule has 20 heavy (non-hydrogen) atoms. The van der Waals surface area contributed by atoms with Gasteiger partial charge in [0.25, 0.3) is 0 Å². The van der Waals surface area contributed by atoms with Crippen LogP contribution in [-0.4, -0.2) is 6.16 Å². The number of aryl methyl sites for hydroxylation is 4. The predicted octanol–water partition coefficient (Wildman–Crippen LogP) is 4.50. The molecule has 0 aliphatic rings. The molecule has 0 aromatic heterocycles. The lowest BCUT2D eigenvalue weighted by Gasteiger charge is -2.12. The molecule has 3 heteroatoms. The fourth-order valence-electron chi connectivity index (χ4n) is 2.11. The highest BCUT2D eigenvalue weighted by Crippen LogP contribution is 2.25. The van der Waals surface area contributed by atoms with Crippen molar-refractivity contribution >= 4 is 6.16 Å². The van der Waals surface area contributed by atoms with Gasteiger partial charge in [-0.25, -0.2) is 4.79 Å². The smallest absolute Gasteiger partial charge is 0.394 e. The molecule has 0 amide bonds. The van der Waals surface area contributed by atoms with Crippen LogP contribution >= 0.6 is 0 Å². The number of hydrogen-bond acceptors (Lipinski definition) is 3. The van der Waals surface area contributed by atoms with Crippen LogP contribution in [0.15, 0.2) is 36.4 Å². The first-order valence-electron chi connectivity index (χ1n) is 6.51. The van der Waals surface area contributed by atoms with Crippen molar-refractivity contribution in [1.82, 2.24) is 0 Å². The Balaban J connectivity index is 2.18. The second kappa shape index (κ2) is 5.78. The van der Waals surface area contributed by atoms with Crippen LogP contribution in [0.4, 0.5) is 4.79 Å². The summed E-state index contributed by atoms with van der Waals surface area (Å²) in [7, 11) is 0. The summed E-state index contributed by atoms with van der Waals surface area (Å²) in [5, 5.41) is 0. The van der Waals surface area contributed by atoms with Crippen LogP contribution in [-0.2, 0) is 0 Å². The summed E-state index contributed by atoms with van der Waals surface area (Å²) in [6, 6.07) is 11.4. The Kier molecular flexibility index (Phi) is 4.08. The van der Waals surface area contributed by atoms with E-state index in [0.717, 1.165) is 22.3 Å². The van der Waals surface area contributed by atoms with Crippen LogP contribution in [0.1, 0.15) is 22.3 Å². The molecule has 0 unspecified atom stereocenters. The molecule has 0 bridgehead atoms. The van der Waals surface area contributed by atoms with Gasteiger partial charge in [0.1, 0.15) is 11.5 Å². The van der Waals surface area contributed by atoms with Gasteiger partial charge in [0.15, 0.2) is 0 Å². The minimum Gasteiger partial charge on any atom is -0.394 e. The maximum Gasteiger partial charge on any atom is 0.519 e. The fourth-order valence-corrected chi connectivity index (χ4v) is 2.11. The maximum absolute atomic E-state index is 11.9. The van der Waals surface area contributed by atoms with Crippen LogP contribution in [0.5, 0.6) is 11.5 Å². The molecule has 0 spiro atoms. The van der Waals surface area contributed by atoms with Crippen molar-refractivity contribution < 1.29 is 14.3 Å². The van der Waals surface area contributed by atoms with E-state index < -0.39 is 6.16 Å². The molecule has 0 saturated heterocycles. The highest BCUT2D eigenvalue weighted by atomic mass is 16.7. The third-order valence-corrected chi connectivity index (χ3v) is 3.19. The van der Waals surface area contributed by atoms with Crippen molar-refractivity contribution in [2.45, 2.75) is 27.7 Å². The monoisotopic (exact) mass is 270 g/mol. The van der Waals surface area contributed by atoms with Crippen molar-refractivity contribution in [2.75, 3.05) is 0 Å². The van der Waals surface area contributed by atoms with Gasteiger partial charge in [0, 0.05) is 0 Å². The summed E-state index contributed by atoms with van der Waals surface area (Å²) < 4.78 is 10.7. The first kappa shape index (κ1) is 14.1. The van der Waals surface area contributed by atoms with E-state index in [-0.39, 0.29) is 0 Å². The third kappa shape index (κ3) is 2.99. The molecule has 0 saturated carbocycles. The van der Waals surface area contributed by atoms with E-state index in [0.29, 0.717) is 11.5 Å². The van der Waals surface area contributed by atoms with Gasteiger partial charge in [-0.3, -0.25) is 0 Å². The second-order valence-corrected chi connectivity index (χ2v) is 4.90. The quantitative estimate of drug-likeness (QED) is 0.595. The summed E-state index contributed by atoms with van der Waals surface area (Å²) in [6.45, 7) is 7.59. The molecule has 0 radical (unpaired) electrons. The van der Waals surface area contributed by atoms with Gasteiger partial charge in [-0.1, -0.05) is 36.4 Å². The normalized spacial score (nSPS) is 10.2. The Morgan fingerprint density at radius 3 is 1.30 bits per heavy atom. The number of hydrogen-bond donors (Lipinski definition) is 0. The summed E-state index contributed by atoms with van der Waals surface area (Å²) in [5.74, 6) is 1.12. The van der Waals surface area contributed by atoms with Crippen molar-refractivity contribution in [2.24, 2.45) is 0 Å². The Bertz CT molecular complexity index is 549. The number of ether oxygens (including phenoxy) is 2. The van der Waals surface area contributed by atoms with E-state index in [2.05, 4.69) is 0 Å². The summed E-state index contributed by atoms with van der Waals surface area (Å²) in [6.07, 6.45) is -0.709. The first-order chi connectivity index (χ1) is 9.49. The lowest BCUT2D eigenvalue weighted by Crippen LogP contribution is -2.16. The van der Waals surface area contributed by atoms with Crippen LogP contribution in [0.2, 0.25) is 0 Å². The number of benzene rings is 2. The molecule has 3 nitrogen and oxygen atoms in total. The van der Waals surface area contributed by atoms with Gasteiger partial charge >= 0.3 is 6.16 Å². The minimum absolute atomic E-state index is 0.559. The average Bonchev–Trinajstić information content (AvgIpc) is 2.39. The fraction of sp³-hybridized carbons (Fsp3) is 0.235. The van der Waals surface area contributed by atoms with Crippen LogP contribution < -0.4 is 9.47 Å². The highest BCUT2D eigenvalue weighted by Gasteiger charge is 2.14. The van der Waals surface area contributed by atoms with Gasteiger partial charge in [0.05, 0.1) is 0 Å². The standard InChI is InChI=1S/C17H18O3/c1-11-7-5-8-12(2)15(11)19-17(18)20-16-13(3)9-6-10-14(16)4/h5-10H,1-4H3. The van der Waals surface area contributed by atoms with Crippen LogP contribution in [0.3, 0.4) is 0 Å². The molecule has 2 rings (SSSR count). The third-order valence-electron chi connectivity index (χ3n) is 3.19. The van der Waals surface area contributed by atoms with Gasteiger partial charge in [-0.2, -0.15) is 0 Å². The molecule has 0 aliphatic carbocycles. The Morgan fingerprint density at radius 2 is 1.00 bits per heavy atom. The molecule has 2 aromatic rings. The number of para-hydroxylation sites is 2. The summed E-state index contributed by atoms with van der Waals surface area (Å²) >= 11 is 0. The number of carbonyl (C=O) groups is 1. The van der Waals surface area contributed by atoms with E-state index in [1.807, 2.05) is 64.1 Å². The highest BCUT2D eigenvalue weighted by molar-refractivity contribution is 5.69. The van der Waals surface area contributed by atoms with E-state index >= 15 is 0 Å². The molecular weight excluding hydrogens is 252 g/mol. The van der Waals surface area contributed by atoms with Crippen molar-refractivity contribution in [3.8, 4) is 11.5 Å². The van der Waals surface area contributed by atoms with E-state index in [4.69, 9.17) is 9.47 Å².